The molecule has 6 fully saturated rings. The van der Waals surface area contributed by atoms with Crippen LogP contribution in [-0.2, 0) is 19.1 Å². The van der Waals surface area contributed by atoms with E-state index in [1.165, 1.54) is 38.5 Å². The molecule has 5 heteroatoms. The summed E-state index contributed by atoms with van der Waals surface area (Å²) in [5.41, 5.74) is 0.326. The van der Waals surface area contributed by atoms with E-state index in [1.54, 1.807) is 13.8 Å². The van der Waals surface area contributed by atoms with E-state index in [1.807, 2.05) is 0 Å². The highest BCUT2D eigenvalue weighted by Crippen LogP contribution is 2.71. The van der Waals surface area contributed by atoms with E-state index in [0.717, 1.165) is 50.0 Å². The third kappa shape index (κ3) is 3.42. The molecule has 2 aliphatic heterocycles. The summed E-state index contributed by atoms with van der Waals surface area (Å²) >= 11 is 0. The number of ether oxygens (including phenoxy) is 2. The molecule has 0 bridgehead atoms. The van der Waals surface area contributed by atoms with Crippen LogP contribution in [0.4, 0.5) is 0 Å². The summed E-state index contributed by atoms with van der Waals surface area (Å²) in [5.74, 6) is 4.60. The number of carbonyl (C=O) groups is 2. The lowest BCUT2D eigenvalue weighted by Crippen LogP contribution is -2.60. The van der Waals surface area contributed by atoms with Crippen LogP contribution in [0.5, 0.6) is 0 Å². The molecule has 36 heavy (non-hydrogen) atoms. The van der Waals surface area contributed by atoms with Crippen molar-refractivity contribution in [2.75, 3.05) is 6.54 Å². The molecule has 6 rings (SSSR count). The van der Waals surface area contributed by atoms with Crippen LogP contribution < -0.4 is 0 Å². The number of fused-ring (bicyclic) bond motifs is 7. The van der Waals surface area contributed by atoms with Crippen LogP contribution in [-0.4, -0.2) is 41.3 Å². The number of rotatable bonds is 1. The second-order valence-electron chi connectivity index (χ2n) is 14.5. The van der Waals surface area contributed by atoms with Crippen LogP contribution in [0.1, 0.15) is 106 Å². The van der Waals surface area contributed by atoms with Gasteiger partial charge in [-0.15, -0.1) is 0 Å². The largest absolute Gasteiger partial charge is 0.463 e. The van der Waals surface area contributed by atoms with Gasteiger partial charge in [-0.1, -0.05) is 27.7 Å². The van der Waals surface area contributed by atoms with E-state index >= 15 is 0 Å². The Bertz CT molecular complexity index is 920. The van der Waals surface area contributed by atoms with Crippen LogP contribution >= 0.6 is 0 Å². The van der Waals surface area contributed by atoms with E-state index in [2.05, 4.69) is 32.6 Å². The first-order chi connectivity index (χ1) is 17.0. The minimum atomic E-state index is -0.378. The predicted molar refractivity (Wildman–Crippen MR) is 139 cm³/mol. The Balaban J connectivity index is 1.23. The molecule has 0 aromatic carbocycles. The Kier molecular flexibility index (Phi) is 5.91. The standard InChI is InChI=1S/C31H49NO4/c1-18-9-14-31(32(17-18)20(3)33)19(2)28-27(36-31)16-26-24-8-7-22-15-23(35-21(4)34)10-12-29(22,5)25(24)11-13-30(26,28)6/h18-19,22-28H,7-17H2,1-6H3. The zero-order chi connectivity index (χ0) is 25.6. The fourth-order valence-corrected chi connectivity index (χ4v) is 11.4. The molecule has 2 heterocycles. The average molecular weight is 500 g/mol. The Labute approximate surface area is 218 Å². The third-order valence-corrected chi connectivity index (χ3v) is 13.0. The monoisotopic (exact) mass is 499 g/mol. The van der Waals surface area contributed by atoms with Gasteiger partial charge in [-0.05, 0) is 111 Å². The first-order valence-electron chi connectivity index (χ1n) is 15.1. The first-order valence-corrected chi connectivity index (χ1v) is 15.1. The molecule has 5 nitrogen and oxygen atoms in total. The number of piperidine rings is 1. The molecule has 6 aliphatic rings. The fourth-order valence-electron chi connectivity index (χ4n) is 11.4. The van der Waals surface area contributed by atoms with Gasteiger partial charge in [0.05, 0.1) is 6.10 Å². The second-order valence-corrected chi connectivity index (χ2v) is 14.5. The van der Waals surface area contributed by atoms with E-state index in [-0.39, 0.29) is 23.7 Å². The molecule has 202 valence electrons. The van der Waals surface area contributed by atoms with Gasteiger partial charge in [-0.3, -0.25) is 9.59 Å². The normalized spacial score (nSPS) is 53.8. The van der Waals surface area contributed by atoms with E-state index in [9.17, 15) is 9.59 Å². The molecular weight excluding hydrogens is 450 g/mol. The van der Waals surface area contributed by atoms with Crippen molar-refractivity contribution in [2.24, 2.45) is 52.3 Å². The van der Waals surface area contributed by atoms with E-state index < -0.39 is 0 Å². The molecule has 12 unspecified atom stereocenters. The van der Waals surface area contributed by atoms with Gasteiger partial charge in [0, 0.05) is 26.3 Å². The maximum absolute atomic E-state index is 12.8. The molecule has 0 radical (unpaired) electrons. The minimum Gasteiger partial charge on any atom is -0.463 e. The molecule has 0 N–H and O–H groups in total. The van der Waals surface area contributed by atoms with Gasteiger partial charge >= 0.3 is 5.97 Å². The summed E-state index contributed by atoms with van der Waals surface area (Å²) in [6, 6.07) is 0. The van der Waals surface area contributed by atoms with Crippen molar-refractivity contribution in [3.05, 3.63) is 0 Å². The van der Waals surface area contributed by atoms with Gasteiger partial charge < -0.3 is 14.4 Å². The Morgan fingerprint density at radius 1 is 0.889 bits per heavy atom. The van der Waals surface area contributed by atoms with Crippen LogP contribution in [0.25, 0.3) is 0 Å². The lowest BCUT2D eigenvalue weighted by atomic mass is 9.44. The lowest BCUT2D eigenvalue weighted by Gasteiger charge is -2.61. The second kappa shape index (κ2) is 8.45. The summed E-state index contributed by atoms with van der Waals surface area (Å²) in [6.07, 6.45) is 12.3. The third-order valence-electron chi connectivity index (χ3n) is 13.0. The molecule has 0 aromatic rings. The van der Waals surface area contributed by atoms with Gasteiger partial charge in [0.25, 0.3) is 0 Å². The SMILES string of the molecule is CC(=O)OC1CCC2(C)C(CCC3C2CCC2(C)C3CC3OC4(CCC(C)CN4C(C)=O)C(C)C32)C1. The maximum Gasteiger partial charge on any atom is 0.302 e. The summed E-state index contributed by atoms with van der Waals surface area (Å²) in [4.78, 5) is 26.5. The van der Waals surface area contributed by atoms with Gasteiger partial charge in [0.15, 0.2) is 0 Å². The maximum atomic E-state index is 12.8. The zero-order valence-corrected chi connectivity index (χ0v) is 23.6. The topological polar surface area (TPSA) is 55.8 Å². The van der Waals surface area contributed by atoms with Crippen molar-refractivity contribution >= 4 is 11.9 Å². The average Bonchev–Trinajstić information content (AvgIpc) is 3.26. The highest BCUT2D eigenvalue weighted by Gasteiger charge is 2.70. The Hall–Kier alpha value is -1.10. The molecule has 12 atom stereocenters. The van der Waals surface area contributed by atoms with Crippen LogP contribution in [0.15, 0.2) is 0 Å². The van der Waals surface area contributed by atoms with Crippen molar-refractivity contribution in [2.45, 2.75) is 124 Å². The smallest absolute Gasteiger partial charge is 0.302 e. The van der Waals surface area contributed by atoms with Crippen LogP contribution in [0.2, 0.25) is 0 Å². The van der Waals surface area contributed by atoms with E-state index in [0.29, 0.717) is 40.6 Å². The zero-order valence-electron chi connectivity index (χ0n) is 23.6. The molecule has 1 amide bonds. The van der Waals surface area contributed by atoms with Crippen molar-refractivity contribution < 1.29 is 19.1 Å². The van der Waals surface area contributed by atoms with Crippen LogP contribution in [0, 0.1) is 52.3 Å². The summed E-state index contributed by atoms with van der Waals surface area (Å²) < 4.78 is 12.8. The highest BCUT2D eigenvalue weighted by atomic mass is 16.5. The number of likely N-dealkylation sites (tertiary alicyclic amines) is 1. The molecule has 4 saturated carbocycles. The number of hydrogen-bond acceptors (Lipinski definition) is 4. The lowest BCUT2D eigenvalue weighted by molar-refractivity contribution is -0.201. The summed E-state index contributed by atoms with van der Waals surface area (Å²) in [6.45, 7) is 14.0. The van der Waals surface area contributed by atoms with Crippen LogP contribution in [0.3, 0.4) is 0 Å². The molecule has 4 aliphatic carbocycles. The fraction of sp³-hybridized carbons (Fsp3) is 0.935. The van der Waals surface area contributed by atoms with Crippen molar-refractivity contribution in [3.63, 3.8) is 0 Å². The number of nitrogens with zero attached hydrogens (tertiary/aromatic N) is 1. The Morgan fingerprint density at radius 3 is 2.36 bits per heavy atom. The molecular formula is C31H49NO4. The van der Waals surface area contributed by atoms with Gasteiger partial charge in [-0.2, -0.15) is 0 Å². The number of carbonyl (C=O) groups excluding carboxylic acids is 2. The van der Waals surface area contributed by atoms with Crippen molar-refractivity contribution in [1.29, 1.82) is 0 Å². The first kappa shape index (κ1) is 25.2. The number of amides is 1. The summed E-state index contributed by atoms with van der Waals surface area (Å²) in [5, 5.41) is 0. The highest BCUT2D eigenvalue weighted by molar-refractivity contribution is 5.74. The van der Waals surface area contributed by atoms with Gasteiger partial charge in [0.1, 0.15) is 11.8 Å². The Morgan fingerprint density at radius 2 is 1.64 bits per heavy atom. The summed E-state index contributed by atoms with van der Waals surface area (Å²) in [7, 11) is 0. The number of esters is 1. The van der Waals surface area contributed by atoms with Crippen molar-refractivity contribution in [1.82, 2.24) is 4.90 Å². The molecule has 0 aromatic heterocycles. The quantitative estimate of drug-likeness (QED) is 0.403. The molecule has 2 saturated heterocycles. The van der Waals surface area contributed by atoms with Crippen molar-refractivity contribution in [3.8, 4) is 0 Å². The predicted octanol–water partition coefficient (Wildman–Crippen LogP) is 6.20. The van der Waals surface area contributed by atoms with Gasteiger partial charge in [0.2, 0.25) is 5.91 Å². The number of hydrogen-bond donors (Lipinski definition) is 0. The minimum absolute atomic E-state index is 0.120. The van der Waals surface area contributed by atoms with Gasteiger partial charge in [-0.25, -0.2) is 0 Å². The molecule has 1 spiro atoms. The van der Waals surface area contributed by atoms with E-state index in [4.69, 9.17) is 9.47 Å².